The van der Waals surface area contributed by atoms with Crippen molar-refractivity contribution in [3.05, 3.63) is 81.2 Å². The van der Waals surface area contributed by atoms with Crippen molar-refractivity contribution in [2.24, 2.45) is 0 Å². The number of rotatable bonds is 3. The van der Waals surface area contributed by atoms with E-state index < -0.39 is 0 Å². The molecule has 1 aliphatic heterocycles. The molecule has 0 radical (unpaired) electrons. The molecule has 0 bridgehead atoms. The molecule has 0 saturated carbocycles. The molecule has 1 fully saturated rings. The number of aromatic nitrogens is 2. The predicted octanol–water partition coefficient (Wildman–Crippen LogP) is 6.61. The molecule has 2 heterocycles. The molecule has 33 heavy (non-hydrogen) atoms. The number of aromatic amines is 1. The van der Waals surface area contributed by atoms with E-state index in [4.69, 9.17) is 9.72 Å². The van der Waals surface area contributed by atoms with E-state index in [1.807, 2.05) is 24.3 Å². The first-order chi connectivity index (χ1) is 16.0. The standard InChI is InChI=1S/C28H28BrN3O/c1-19-16-22(29)18-24-26(19)31-27(30-24)28(2)14-7-15-32(28)25-11-5-4-9-21(25)13-12-20-8-6-10-23(17-20)33-3/h5-6,8,10-11,16-18H,4,7,9,14-15H2,1-3H3,(H,30,31)/t28-/m0/s1. The van der Waals surface area contributed by atoms with Gasteiger partial charge in [0, 0.05) is 27.9 Å². The van der Waals surface area contributed by atoms with Gasteiger partial charge in [-0.15, -0.1) is 0 Å². The maximum Gasteiger partial charge on any atom is 0.132 e. The summed E-state index contributed by atoms with van der Waals surface area (Å²) < 4.78 is 6.43. The Labute approximate surface area is 203 Å². The van der Waals surface area contributed by atoms with E-state index in [9.17, 15) is 0 Å². The van der Waals surface area contributed by atoms with Gasteiger partial charge in [0.1, 0.15) is 11.6 Å². The van der Waals surface area contributed by atoms with Gasteiger partial charge in [-0.3, -0.25) is 0 Å². The van der Waals surface area contributed by atoms with Crippen LogP contribution in [0.15, 0.2) is 64.3 Å². The number of aryl methyl sites for hydroxylation is 1. The van der Waals surface area contributed by atoms with Crippen LogP contribution >= 0.6 is 15.9 Å². The Morgan fingerprint density at radius 1 is 1.21 bits per heavy atom. The Hall–Kier alpha value is -2.97. The molecule has 5 rings (SSSR count). The summed E-state index contributed by atoms with van der Waals surface area (Å²) in [6, 6.07) is 12.2. The number of hydrogen-bond acceptors (Lipinski definition) is 3. The van der Waals surface area contributed by atoms with Crippen LogP contribution in [-0.2, 0) is 5.54 Å². The maximum absolute atomic E-state index is 5.35. The number of benzene rings is 2. The number of imidazole rings is 1. The Morgan fingerprint density at radius 2 is 2.09 bits per heavy atom. The molecule has 3 aromatic rings. The zero-order chi connectivity index (χ0) is 23.0. The monoisotopic (exact) mass is 501 g/mol. The Morgan fingerprint density at radius 3 is 2.94 bits per heavy atom. The number of nitrogens with one attached hydrogen (secondary N) is 1. The van der Waals surface area contributed by atoms with Gasteiger partial charge in [-0.05, 0) is 81.5 Å². The van der Waals surface area contributed by atoms with Crippen LogP contribution in [0.1, 0.15) is 49.6 Å². The van der Waals surface area contributed by atoms with Gasteiger partial charge in [-0.1, -0.05) is 39.9 Å². The van der Waals surface area contributed by atoms with Gasteiger partial charge < -0.3 is 14.6 Å². The van der Waals surface area contributed by atoms with Crippen molar-refractivity contribution in [1.29, 1.82) is 0 Å². The first-order valence-electron chi connectivity index (χ1n) is 11.5. The van der Waals surface area contributed by atoms with Gasteiger partial charge in [0.2, 0.25) is 0 Å². The minimum atomic E-state index is -0.197. The fourth-order valence-corrected chi connectivity index (χ4v) is 5.55. The molecule has 5 heteroatoms. The van der Waals surface area contributed by atoms with E-state index in [2.05, 4.69) is 75.8 Å². The van der Waals surface area contributed by atoms with Gasteiger partial charge in [0.25, 0.3) is 0 Å². The van der Waals surface area contributed by atoms with Gasteiger partial charge in [-0.2, -0.15) is 0 Å². The SMILES string of the molecule is COc1cccc(C#CC2=C(N3CCC[C@@]3(C)c3nc4c(C)cc(Br)cc4[nH]3)C=CCC2)c1. The van der Waals surface area contributed by atoms with Crippen molar-refractivity contribution in [3.63, 3.8) is 0 Å². The van der Waals surface area contributed by atoms with E-state index in [0.717, 1.165) is 64.9 Å². The minimum Gasteiger partial charge on any atom is -0.497 e. The number of nitrogens with zero attached hydrogens (tertiary/aromatic N) is 2. The number of H-pyrrole nitrogens is 1. The number of hydrogen-bond donors (Lipinski definition) is 1. The average molecular weight is 502 g/mol. The predicted molar refractivity (Wildman–Crippen MR) is 137 cm³/mol. The zero-order valence-corrected chi connectivity index (χ0v) is 20.9. The third kappa shape index (κ3) is 4.09. The smallest absolute Gasteiger partial charge is 0.132 e. The molecule has 2 aliphatic rings. The minimum absolute atomic E-state index is 0.197. The second kappa shape index (κ2) is 8.76. The lowest BCUT2D eigenvalue weighted by molar-refractivity contribution is 0.200. The van der Waals surface area contributed by atoms with Crippen LogP contribution in [0.4, 0.5) is 0 Å². The van der Waals surface area contributed by atoms with Crippen LogP contribution in [-0.4, -0.2) is 28.5 Å². The molecule has 1 saturated heterocycles. The Bertz CT molecular complexity index is 1340. The highest BCUT2D eigenvalue weighted by molar-refractivity contribution is 9.10. The van der Waals surface area contributed by atoms with Gasteiger partial charge >= 0.3 is 0 Å². The summed E-state index contributed by atoms with van der Waals surface area (Å²) in [7, 11) is 1.69. The highest BCUT2D eigenvalue weighted by Gasteiger charge is 2.42. The molecule has 1 N–H and O–H groups in total. The molecule has 0 amide bonds. The molecule has 1 aromatic heterocycles. The summed E-state index contributed by atoms with van der Waals surface area (Å²) in [4.78, 5) is 11.2. The zero-order valence-electron chi connectivity index (χ0n) is 19.3. The van der Waals surface area contributed by atoms with Crippen molar-refractivity contribution < 1.29 is 4.74 Å². The average Bonchev–Trinajstić information content (AvgIpc) is 3.43. The highest BCUT2D eigenvalue weighted by Crippen LogP contribution is 2.42. The first kappa shape index (κ1) is 21.9. The van der Waals surface area contributed by atoms with Crippen LogP contribution in [0, 0.1) is 18.8 Å². The molecular weight excluding hydrogens is 474 g/mol. The van der Waals surface area contributed by atoms with Gasteiger partial charge in [0.05, 0.1) is 23.7 Å². The van der Waals surface area contributed by atoms with Crippen molar-refractivity contribution in [2.75, 3.05) is 13.7 Å². The lowest BCUT2D eigenvalue weighted by Gasteiger charge is -2.37. The van der Waals surface area contributed by atoms with Gasteiger partial charge in [-0.25, -0.2) is 4.98 Å². The Balaban J connectivity index is 1.55. The second-order valence-corrected chi connectivity index (χ2v) is 9.94. The number of likely N-dealkylation sites (tertiary alicyclic amines) is 1. The summed E-state index contributed by atoms with van der Waals surface area (Å²) in [6.07, 6.45) is 8.69. The molecule has 1 aliphatic carbocycles. The van der Waals surface area contributed by atoms with Crippen LogP contribution in [0.3, 0.4) is 0 Å². The maximum atomic E-state index is 5.35. The van der Waals surface area contributed by atoms with Crippen LogP contribution < -0.4 is 4.74 Å². The second-order valence-electron chi connectivity index (χ2n) is 9.02. The lowest BCUT2D eigenvalue weighted by Crippen LogP contribution is -2.39. The van der Waals surface area contributed by atoms with E-state index >= 15 is 0 Å². The summed E-state index contributed by atoms with van der Waals surface area (Å²) in [5, 5.41) is 0. The van der Waals surface area contributed by atoms with Crippen molar-refractivity contribution in [1.82, 2.24) is 14.9 Å². The normalized spacial score (nSPS) is 20.3. The number of allylic oxidation sites excluding steroid dienone is 3. The van der Waals surface area contributed by atoms with E-state index in [-0.39, 0.29) is 5.54 Å². The van der Waals surface area contributed by atoms with E-state index in [1.165, 1.54) is 16.8 Å². The van der Waals surface area contributed by atoms with Crippen LogP contribution in [0.25, 0.3) is 11.0 Å². The number of halogens is 1. The largest absolute Gasteiger partial charge is 0.497 e. The summed E-state index contributed by atoms with van der Waals surface area (Å²) in [5.41, 5.74) is 6.51. The quantitative estimate of drug-likeness (QED) is 0.410. The van der Waals surface area contributed by atoms with Crippen molar-refractivity contribution in [2.45, 2.75) is 45.1 Å². The number of methoxy groups -OCH3 is 1. The summed E-state index contributed by atoms with van der Waals surface area (Å²) in [6.45, 7) is 5.43. The Kier molecular flexibility index (Phi) is 5.80. The molecule has 0 spiro atoms. The van der Waals surface area contributed by atoms with Crippen LogP contribution in [0.2, 0.25) is 0 Å². The molecule has 0 unspecified atom stereocenters. The summed E-state index contributed by atoms with van der Waals surface area (Å²) >= 11 is 3.62. The molecule has 4 nitrogen and oxygen atoms in total. The first-order valence-corrected chi connectivity index (χ1v) is 12.3. The van der Waals surface area contributed by atoms with Crippen molar-refractivity contribution in [3.8, 4) is 17.6 Å². The number of ether oxygens (including phenoxy) is 1. The number of fused-ring (bicyclic) bond motifs is 1. The molecule has 2 aromatic carbocycles. The molecular formula is C28H28BrN3O. The third-order valence-electron chi connectivity index (χ3n) is 6.76. The van der Waals surface area contributed by atoms with Crippen molar-refractivity contribution >= 4 is 27.0 Å². The summed E-state index contributed by atoms with van der Waals surface area (Å²) in [5.74, 6) is 8.72. The van der Waals surface area contributed by atoms with E-state index in [0.29, 0.717) is 0 Å². The van der Waals surface area contributed by atoms with Crippen LogP contribution in [0.5, 0.6) is 5.75 Å². The fraction of sp³-hybridized carbons (Fsp3) is 0.321. The lowest BCUT2D eigenvalue weighted by atomic mass is 9.94. The third-order valence-corrected chi connectivity index (χ3v) is 7.22. The molecule has 168 valence electrons. The highest BCUT2D eigenvalue weighted by atomic mass is 79.9. The van der Waals surface area contributed by atoms with E-state index in [1.54, 1.807) is 7.11 Å². The van der Waals surface area contributed by atoms with Gasteiger partial charge in [0.15, 0.2) is 0 Å². The fourth-order valence-electron chi connectivity index (χ4n) is 4.98. The topological polar surface area (TPSA) is 41.1 Å². The molecule has 1 atom stereocenters.